The summed E-state index contributed by atoms with van der Waals surface area (Å²) >= 11 is 1.53. The van der Waals surface area contributed by atoms with Gasteiger partial charge >= 0.3 is 23.9 Å². The Bertz CT molecular complexity index is 1870. The van der Waals surface area contributed by atoms with Gasteiger partial charge in [-0.1, -0.05) is 18.2 Å². The number of thioether (sulfide) groups is 1. The summed E-state index contributed by atoms with van der Waals surface area (Å²) in [5.74, 6) is -2.42. The van der Waals surface area contributed by atoms with E-state index in [9.17, 15) is 24.0 Å². The van der Waals surface area contributed by atoms with E-state index in [1.807, 2.05) is 36.4 Å². The van der Waals surface area contributed by atoms with Gasteiger partial charge in [-0.3, -0.25) is 24.1 Å². The lowest BCUT2D eigenvalue weighted by molar-refractivity contribution is -0.282. The maximum Gasteiger partial charge on any atom is 0.339 e. The first-order chi connectivity index (χ1) is 25.9. The summed E-state index contributed by atoms with van der Waals surface area (Å²) in [6.07, 6.45) is -0.735. The van der Waals surface area contributed by atoms with E-state index in [2.05, 4.69) is 4.90 Å². The molecule has 54 heavy (non-hydrogen) atoms. The van der Waals surface area contributed by atoms with E-state index in [0.29, 0.717) is 6.61 Å². The number of fused-ring (bicyclic) bond motifs is 1. The molecule has 286 valence electrons. The van der Waals surface area contributed by atoms with Gasteiger partial charge in [-0.2, -0.15) is 0 Å². The lowest BCUT2D eigenvalue weighted by atomic mass is 9.79. The maximum absolute atomic E-state index is 12.9. The van der Waals surface area contributed by atoms with Gasteiger partial charge in [0.1, 0.15) is 29.8 Å². The van der Waals surface area contributed by atoms with Crippen molar-refractivity contribution in [3.05, 3.63) is 82.3 Å². The molecule has 14 nitrogen and oxygen atoms in total. The molecular formula is C39H41NO13S. The van der Waals surface area contributed by atoms with E-state index < -0.39 is 66.3 Å². The van der Waals surface area contributed by atoms with Gasteiger partial charge in [-0.05, 0) is 85.1 Å². The Balaban J connectivity index is 1.19. The van der Waals surface area contributed by atoms with E-state index >= 15 is 0 Å². The van der Waals surface area contributed by atoms with Crippen molar-refractivity contribution < 1.29 is 61.9 Å². The molecule has 8 atom stereocenters. The van der Waals surface area contributed by atoms with Crippen molar-refractivity contribution in [1.29, 1.82) is 0 Å². The Morgan fingerprint density at radius 2 is 1.56 bits per heavy atom. The highest BCUT2D eigenvalue weighted by Gasteiger charge is 2.57. The Labute approximate surface area is 316 Å². The summed E-state index contributed by atoms with van der Waals surface area (Å²) in [5, 5.41) is -0.320. The number of nitrogens with zero attached hydrogens (tertiary/aromatic N) is 1. The number of methoxy groups -OCH3 is 1. The Morgan fingerprint density at radius 3 is 2.24 bits per heavy atom. The van der Waals surface area contributed by atoms with E-state index in [0.717, 1.165) is 74.9 Å². The number of allylic oxidation sites excluding steroid dienone is 2. The molecule has 3 saturated heterocycles. The second-order valence-electron chi connectivity index (χ2n) is 13.6. The normalized spacial score (nSPS) is 29.7. The molecule has 0 amide bonds. The van der Waals surface area contributed by atoms with Crippen molar-refractivity contribution in [3.63, 3.8) is 0 Å². The monoisotopic (exact) mass is 763 g/mol. The second-order valence-corrected chi connectivity index (χ2v) is 14.7. The minimum Gasteiger partial charge on any atom is -0.492 e. The molecule has 2 aromatic rings. The minimum atomic E-state index is -1.61. The number of ketones is 1. The molecule has 1 aliphatic carbocycles. The van der Waals surface area contributed by atoms with Gasteiger partial charge in [0, 0.05) is 32.2 Å². The van der Waals surface area contributed by atoms with Gasteiger partial charge in [0.2, 0.25) is 12.4 Å². The summed E-state index contributed by atoms with van der Waals surface area (Å²) < 4.78 is 46.6. The Hall–Kier alpha value is -4.70. The highest BCUT2D eigenvalue weighted by molar-refractivity contribution is 8.03. The standard InChI is InChI=1S/C39H41NO13S/c1-21(41)48-32-33(49-22(2)42)35(50-23(3)43)38(52-34(32)37(45)46-4)51-27-11-12-29-28(20-27)36-31(53-39(29)14-13-25(44)19-30(39)54-36)24-7-9-26(10-8-24)47-18-17-40-15-5-6-16-40/h7-14,19-20,31-36,38H,5-6,15-18H2,1-4H3/t31-,32-,33-,34-,35+,36+,38+,39+/m0/s1. The topological polar surface area (TPSA) is 162 Å². The third-order valence-electron chi connectivity index (χ3n) is 9.86. The number of rotatable bonds is 11. The fourth-order valence-electron chi connectivity index (χ4n) is 7.55. The van der Waals surface area contributed by atoms with Crippen molar-refractivity contribution in [2.75, 3.05) is 33.4 Å². The van der Waals surface area contributed by atoms with E-state index in [1.165, 1.54) is 30.7 Å². The number of ether oxygens (including phenoxy) is 8. The summed E-state index contributed by atoms with van der Waals surface area (Å²) in [5.41, 5.74) is 1.54. The van der Waals surface area contributed by atoms with Crippen LogP contribution in [-0.4, -0.2) is 98.6 Å². The van der Waals surface area contributed by atoms with Gasteiger partial charge in [0.25, 0.3) is 0 Å². The summed E-state index contributed by atoms with van der Waals surface area (Å²) in [7, 11) is 1.12. The molecule has 0 aromatic heterocycles. The average Bonchev–Trinajstić information content (AvgIpc) is 3.66. The molecule has 2 aromatic carbocycles. The van der Waals surface area contributed by atoms with E-state index in [4.69, 9.17) is 37.9 Å². The van der Waals surface area contributed by atoms with E-state index in [-0.39, 0.29) is 16.8 Å². The van der Waals surface area contributed by atoms with Crippen LogP contribution < -0.4 is 9.47 Å². The van der Waals surface area contributed by atoms with Crippen LogP contribution in [0.2, 0.25) is 0 Å². The van der Waals surface area contributed by atoms with Crippen LogP contribution in [0.3, 0.4) is 0 Å². The number of carbonyl (C=O) groups is 5. The largest absolute Gasteiger partial charge is 0.492 e. The average molecular weight is 764 g/mol. The van der Waals surface area contributed by atoms with Crippen molar-refractivity contribution in [2.24, 2.45) is 0 Å². The van der Waals surface area contributed by atoms with Crippen LogP contribution in [0.4, 0.5) is 0 Å². The predicted octanol–water partition coefficient (Wildman–Crippen LogP) is 4.01. The van der Waals surface area contributed by atoms with Gasteiger partial charge < -0.3 is 37.9 Å². The van der Waals surface area contributed by atoms with Crippen molar-refractivity contribution >= 4 is 41.4 Å². The first kappa shape index (κ1) is 37.6. The molecule has 15 heteroatoms. The van der Waals surface area contributed by atoms with Crippen LogP contribution in [0.1, 0.15) is 61.7 Å². The number of hydrogen-bond acceptors (Lipinski definition) is 15. The van der Waals surface area contributed by atoms with Crippen LogP contribution in [-0.2, 0) is 58.0 Å². The van der Waals surface area contributed by atoms with E-state index in [1.54, 1.807) is 18.2 Å². The molecule has 0 unspecified atom stereocenters. The zero-order valence-electron chi connectivity index (χ0n) is 30.2. The molecule has 5 aliphatic heterocycles. The zero-order valence-corrected chi connectivity index (χ0v) is 31.0. The highest BCUT2D eigenvalue weighted by Crippen LogP contribution is 2.66. The fourth-order valence-corrected chi connectivity index (χ4v) is 9.07. The van der Waals surface area contributed by atoms with Gasteiger partial charge in [0.15, 0.2) is 24.1 Å². The number of hydrogen-bond donors (Lipinski definition) is 0. The third kappa shape index (κ3) is 7.50. The maximum atomic E-state index is 12.9. The molecule has 0 saturated carbocycles. The first-order valence-electron chi connectivity index (χ1n) is 17.8. The number of carbonyl (C=O) groups excluding carboxylic acids is 5. The molecule has 8 rings (SSSR count). The van der Waals surface area contributed by atoms with Crippen molar-refractivity contribution in [2.45, 2.75) is 81.3 Å². The number of benzene rings is 2. The predicted molar refractivity (Wildman–Crippen MR) is 190 cm³/mol. The number of likely N-dealkylation sites (tertiary alicyclic amines) is 1. The van der Waals surface area contributed by atoms with Gasteiger partial charge in [0.05, 0.1) is 12.4 Å². The molecule has 5 heterocycles. The smallest absolute Gasteiger partial charge is 0.339 e. The molecular weight excluding hydrogens is 722 g/mol. The molecule has 6 aliphatic rings. The van der Waals surface area contributed by atoms with Crippen LogP contribution in [0.5, 0.6) is 11.5 Å². The van der Waals surface area contributed by atoms with Crippen molar-refractivity contribution in [1.82, 2.24) is 4.90 Å². The van der Waals surface area contributed by atoms with Crippen LogP contribution in [0.15, 0.2) is 65.6 Å². The Kier molecular flexibility index (Phi) is 10.8. The van der Waals surface area contributed by atoms with Crippen molar-refractivity contribution in [3.8, 4) is 11.5 Å². The van der Waals surface area contributed by atoms with Crippen LogP contribution >= 0.6 is 11.8 Å². The first-order valence-corrected chi connectivity index (χ1v) is 18.6. The summed E-state index contributed by atoms with van der Waals surface area (Å²) in [4.78, 5) is 65.3. The molecule has 3 fully saturated rings. The molecule has 0 radical (unpaired) electrons. The fraction of sp³-hybridized carbons (Fsp3) is 0.462. The van der Waals surface area contributed by atoms with Crippen LogP contribution in [0.25, 0.3) is 0 Å². The van der Waals surface area contributed by atoms with Crippen LogP contribution in [0, 0.1) is 0 Å². The molecule has 1 spiro atoms. The SMILES string of the molecule is COC(=O)[C@H]1O[C@@H](Oc2ccc3c(c2)[C@H]2SC4=CC(=O)C=C[C@]43O[C@H]2c2ccc(OCCN3CCCC3)cc2)[C@H](OC(C)=O)[C@@H](OC(C)=O)[C@@H]1OC(C)=O. The minimum absolute atomic E-state index is 0.131. The lowest BCUT2D eigenvalue weighted by Crippen LogP contribution is -2.64. The lowest BCUT2D eigenvalue weighted by Gasteiger charge is -2.52. The Morgan fingerprint density at radius 1 is 0.889 bits per heavy atom. The molecule has 2 bridgehead atoms. The zero-order chi connectivity index (χ0) is 38.1. The summed E-state index contributed by atoms with van der Waals surface area (Å²) in [6, 6.07) is 13.1. The highest BCUT2D eigenvalue weighted by atomic mass is 32.2. The second kappa shape index (κ2) is 15.6. The quantitative estimate of drug-likeness (QED) is 0.238. The van der Waals surface area contributed by atoms with Gasteiger partial charge in [-0.15, -0.1) is 11.8 Å². The summed E-state index contributed by atoms with van der Waals surface area (Å²) in [6.45, 7) is 7.05. The molecule has 0 N–H and O–H groups in total. The van der Waals surface area contributed by atoms with Gasteiger partial charge in [-0.25, -0.2) is 4.79 Å². The third-order valence-corrected chi connectivity index (χ3v) is 11.3. The number of esters is 4.